The first-order chi connectivity index (χ1) is 18.1. The third-order valence-corrected chi connectivity index (χ3v) is 7.51. The van der Waals surface area contributed by atoms with Crippen molar-refractivity contribution in [3.8, 4) is 0 Å². The van der Waals surface area contributed by atoms with Crippen molar-refractivity contribution in [1.29, 1.82) is 0 Å². The van der Waals surface area contributed by atoms with Crippen LogP contribution in [0.15, 0.2) is 30.3 Å². The second kappa shape index (κ2) is 10.4. The van der Waals surface area contributed by atoms with Gasteiger partial charge in [0, 0.05) is 53.5 Å². The van der Waals surface area contributed by atoms with Crippen LogP contribution in [0.2, 0.25) is 0 Å². The Bertz CT molecular complexity index is 1290. The molecule has 1 aromatic heterocycles. The fourth-order valence-corrected chi connectivity index (χ4v) is 5.69. The van der Waals surface area contributed by atoms with Crippen LogP contribution in [0.1, 0.15) is 36.2 Å². The zero-order valence-electron chi connectivity index (χ0n) is 20.9. The number of rotatable bonds is 9. The standard InChI is InChI=1S/C27H30F6N4O/c1-15-7-20-19-8-16(29)3-4-23(19)35-25(20)26(37(15)13-27(32,33)14-38)24-21(30)9-17(10-22(24)31)34-18-11-36(12-18)6-2-5-28/h3-4,8-10,15,18,26,34-35,38H,2,5-7,11-14H2,1H3/t15-,26-/m1/s1. The Morgan fingerprint density at radius 2 is 1.82 bits per heavy atom. The number of aromatic nitrogens is 1. The molecule has 2 atom stereocenters. The average Bonchev–Trinajstić information content (AvgIpc) is 3.18. The number of hydrogen-bond donors (Lipinski definition) is 3. The molecule has 206 valence electrons. The Morgan fingerprint density at radius 3 is 2.47 bits per heavy atom. The van der Waals surface area contributed by atoms with Gasteiger partial charge in [-0.05, 0) is 55.7 Å². The maximum Gasteiger partial charge on any atom is 0.283 e. The lowest BCUT2D eigenvalue weighted by Crippen LogP contribution is -2.54. The summed E-state index contributed by atoms with van der Waals surface area (Å²) in [6.45, 7) is 0.772. The van der Waals surface area contributed by atoms with E-state index >= 15 is 8.78 Å². The van der Waals surface area contributed by atoms with Crippen molar-refractivity contribution >= 4 is 16.6 Å². The zero-order chi connectivity index (χ0) is 27.2. The SMILES string of the molecule is C[C@@H]1Cc2c([nH]c3ccc(F)cc23)[C@@H](c2c(F)cc(NC3CN(CCCF)C3)cc2F)N1CC(F)(F)CO. The van der Waals surface area contributed by atoms with E-state index in [1.807, 2.05) is 4.90 Å². The van der Waals surface area contributed by atoms with Crippen LogP contribution in [-0.2, 0) is 6.42 Å². The van der Waals surface area contributed by atoms with Crippen molar-refractivity contribution in [2.24, 2.45) is 0 Å². The second-order valence-electron chi connectivity index (χ2n) is 10.3. The quantitative estimate of drug-likeness (QED) is 0.335. The fraction of sp³-hybridized carbons (Fsp3) is 0.481. The number of aliphatic hydroxyl groups excluding tert-OH is 1. The molecule has 0 amide bonds. The number of halogens is 6. The highest BCUT2D eigenvalue weighted by molar-refractivity contribution is 5.85. The van der Waals surface area contributed by atoms with Crippen LogP contribution < -0.4 is 5.32 Å². The molecule has 3 heterocycles. The van der Waals surface area contributed by atoms with Crippen LogP contribution in [-0.4, -0.2) is 77.4 Å². The number of alkyl halides is 3. The summed E-state index contributed by atoms with van der Waals surface area (Å²) in [5, 5.41) is 12.8. The predicted octanol–water partition coefficient (Wildman–Crippen LogP) is 5.00. The lowest BCUT2D eigenvalue weighted by Gasteiger charge is -2.42. The Morgan fingerprint density at radius 1 is 1.11 bits per heavy atom. The van der Waals surface area contributed by atoms with Gasteiger partial charge in [-0.1, -0.05) is 0 Å². The Labute approximate surface area is 216 Å². The van der Waals surface area contributed by atoms with E-state index in [0.717, 1.165) is 12.1 Å². The van der Waals surface area contributed by atoms with Gasteiger partial charge in [-0.3, -0.25) is 14.2 Å². The maximum atomic E-state index is 15.7. The lowest BCUT2D eigenvalue weighted by molar-refractivity contribution is -0.0869. The third kappa shape index (κ3) is 5.11. The number of H-pyrrole nitrogens is 1. The molecule has 2 aliphatic heterocycles. The number of hydrogen-bond acceptors (Lipinski definition) is 4. The van der Waals surface area contributed by atoms with E-state index < -0.39 is 60.8 Å². The van der Waals surface area contributed by atoms with Gasteiger partial charge in [0.1, 0.15) is 24.1 Å². The summed E-state index contributed by atoms with van der Waals surface area (Å²) >= 11 is 0. The van der Waals surface area contributed by atoms with Gasteiger partial charge in [0.25, 0.3) is 5.92 Å². The molecule has 5 nitrogen and oxygen atoms in total. The Balaban J connectivity index is 1.52. The third-order valence-electron chi connectivity index (χ3n) is 7.51. The monoisotopic (exact) mass is 540 g/mol. The first-order valence-electron chi connectivity index (χ1n) is 12.7. The van der Waals surface area contributed by atoms with Crippen LogP contribution in [0, 0.1) is 17.5 Å². The van der Waals surface area contributed by atoms with Crippen molar-refractivity contribution in [3.05, 3.63) is 64.6 Å². The number of benzene rings is 2. The number of nitrogens with one attached hydrogen (secondary N) is 2. The summed E-state index contributed by atoms with van der Waals surface area (Å²) in [5.74, 6) is -5.80. The topological polar surface area (TPSA) is 54.5 Å². The van der Waals surface area contributed by atoms with Crippen LogP contribution in [0.25, 0.3) is 10.9 Å². The smallest absolute Gasteiger partial charge is 0.283 e. The van der Waals surface area contributed by atoms with E-state index in [9.17, 15) is 22.7 Å². The highest BCUT2D eigenvalue weighted by Crippen LogP contribution is 2.44. The Hall–Kier alpha value is -2.76. The van der Waals surface area contributed by atoms with Crippen molar-refractivity contribution in [2.45, 2.75) is 43.8 Å². The molecule has 1 fully saturated rings. The molecular formula is C27H30F6N4O. The summed E-state index contributed by atoms with van der Waals surface area (Å²) in [6.07, 6.45) is 0.680. The van der Waals surface area contributed by atoms with E-state index in [-0.39, 0.29) is 18.2 Å². The first kappa shape index (κ1) is 26.8. The fourth-order valence-electron chi connectivity index (χ4n) is 5.69. The largest absolute Gasteiger partial charge is 0.390 e. The molecule has 11 heteroatoms. The number of fused-ring (bicyclic) bond motifs is 3. The van der Waals surface area contributed by atoms with Gasteiger partial charge in [0.05, 0.1) is 25.3 Å². The summed E-state index contributed by atoms with van der Waals surface area (Å²) < 4.78 is 86.6. The van der Waals surface area contributed by atoms with Crippen LogP contribution in [0.4, 0.5) is 32.0 Å². The molecule has 2 aliphatic rings. The number of likely N-dealkylation sites (tertiary alicyclic amines) is 1. The highest BCUT2D eigenvalue weighted by Gasteiger charge is 2.43. The average molecular weight is 541 g/mol. The van der Waals surface area contributed by atoms with Crippen LogP contribution >= 0.6 is 0 Å². The minimum absolute atomic E-state index is 0.0519. The van der Waals surface area contributed by atoms with Crippen molar-refractivity contribution in [2.75, 3.05) is 44.8 Å². The highest BCUT2D eigenvalue weighted by atomic mass is 19.3. The zero-order valence-corrected chi connectivity index (χ0v) is 20.9. The molecule has 0 radical (unpaired) electrons. The number of anilines is 1. The Kier molecular flexibility index (Phi) is 7.36. The molecule has 0 aliphatic carbocycles. The van der Waals surface area contributed by atoms with E-state index in [2.05, 4.69) is 10.3 Å². The minimum atomic E-state index is -3.51. The number of nitrogens with zero attached hydrogens (tertiary/aromatic N) is 2. The number of aliphatic hydroxyl groups is 1. The normalized spacial score (nSPS) is 21.1. The van der Waals surface area contributed by atoms with Crippen LogP contribution in [0.5, 0.6) is 0 Å². The van der Waals surface area contributed by atoms with Crippen molar-refractivity contribution in [3.63, 3.8) is 0 Å². The predicted molar refractivity (Wildman–Crippen MR) is 133 cm³/mol. The molecule has 3 N–H and O–H groups in total. The van der Waals surface area contributed by atoms with Gasteiger partial charge < -0.3 is 15.4 Å². The van der Waals surface area contributed by atoms with Gasteiger partial charge >= 0.3 is 0 Å². The van der Waals surface area contributed by atoms with E-state index in [0.29, 0.717) is 48.2 Å². The molecule has 5 rings (SSSR count). The van der Waals surface area contributed by atoms with E-state index in [1.54, 1.807) is 6.92 Å². The van der Waals surface area contributed by atoms with E-state index in [1.165, 1.54) is 23.1 Å². The first-order valence-corrected chi connectivity index (χ1v) is 12.7. The maximum absolute atomic E-state index is 15.7. The van der Waals surface area contributed by atoms with Gasteiger partial charge in [0.15, 0.2) is 0 Å². The summed E-state index contributed by atoms with van der Waals surface area (Å²) in [5.41, 5.74) is 1.28. The number of aromatic amines is 1. The second-order valence-corrected chi connectivity index (χ2v) is 10.3. The molecule has 0 spiro atoms. The van der Waals surface area contributed by atoms with Crippen molar-refractivity contribution < 1.29 is 31.4 Å². The summed E-state index contributed by atoms with van der Waals surface area (Å²) in [6, 6.07) is 4.47. The molecule has 38 heavy (non-hydrogen) atoms. The van der Waals surface area contributed by atoms with Crippen LogP contribution in [0.3, 0.4) is 0 Å². The summed E-state index contributed by atoms with van der Waals surface area (Å²) in [4.78, 5) is 6.40. The minimum Gasteiger partial charge on any atom is -0.390 e. The van der Waals surface area contributed by atoms with Gasteiger partial charge in [-0.25, -0.2) is 22.0 Å². The molecular weight excluding hydrogens is 510 g/mol. The van der Waals surface area contributed by atoms with Gasteiger partial charge in [-0.2, -0.15) is 0 Å². The molecule has 0 saturated carbocycles. The van der Waals surface area contributed by atoms with Gasteiger partial charge in [-0.15, -0.1) is 0 Å². The van der Waals surface area contributed by atoms with Gasteiger partial charge in [0.2, 0.25) is 0 Å². The van der Waals surface area contributed by atoms with Crippen molar-refractivity contribution in [1.82, 2.24) is 14.8 Å². The molecule has 2 aromatic carbocycles. The lowest BCUT2D eigenvalue weighted by atomic mass is 9.87. The molecule has 3 aromatic rings. The molecule has 1 saturated heterocycles. The molecule has 0 unspecified atom stereocenters. The molecule has 0 bridgehead atoms. The summed E-state index contributed by atoms with van der Waals surface area (Å²) in [7, 11) is 0. The van der Waals surface area contributed by atoms with E-state index in [4.69, 9.17) is 0 Å².